The smallest absolute Gasteiger partial charge is 0.305 e. The van der Waals surface area contributed by atoms with E-state index in [1.54, 1.807) is 31.5 Å². The molecule has 2 rings (SSSR count). The molecule has 0 aliphatic carbocycles. The molecule has 7 heteroatoms. The fraction of sp³-hybridized carbons (Fsp3) is 0.333. The Kier molecular flexibility index (Phi) is 5.65. The minimum absolute atomic E-state index is 0.190. The molecular formula is C15H17N3O4. The number of hydrogen-bond acceptors (Lipinski definition) is 6. The predicted molar refractivity (Wildman–Crippen MR) is 77.9 cm³/mol. The number of nitrogens with one attached hydrogen (secondary N) is 1. The van der Waals surface area contributed by atoms with Crippen molar-refractivity contribution in [1.29, 1.82) is 0 Å². The summed E-state index contributed by atoms with van der Waals surface area (Å²) < 4.78 is 9.92. The maximum absolute atomic E-state index is 11.9. The van der Waals surface area contributed by atoms with Crippen LogP contribution in [-0.2, 0) is 9.53 Å². The van der Waals surface area contributed by atoms with Crippen LogP contribution < -0.4 is 5.32 Å². The summed E-state index contributed by atoms with van der Waals surface area (Å²) in [6, 6.07) is 5.14. The Hall–Kier alpha value is -2.70. The summed E-state index contributed by atoms with van der Waals surface area (Å²) in [4.78, 5) is 27.0. The van der Waals surface area contributed by atoms with Gasteiger partial charge in [-0.15, -0.1) is 0 Å². The molecule has 0 unspecified atom stereocenters. The van der Waals surface area contributed by atoms with Crippen molar-refractivity contribution < 1.29 is 18.8 Å². The molecule has 0 aliphatic heterocycles. The molecule has 116 valence electrons. The predicted octanol–water partition coefficient (Wildman–Crippen LogP) is 1.81. The molecule has 0 saturated heterocycles. The lowest BCUT2D eigenvalue weighted by Crippen LogP contribution is -2.25. The van der Waals surface area contributed by atoms with Gasteiger partial charge < -0.3 is 14.6 Å². The van der Waals surface area contributed by atoms with Crippen LogP contribution in [0.15, 0.2) is 35.1 Å². The molecule has 2 aromatic heterocycles. The van der Waals surface area contributed by atoms with Crippen molar-refractivity contribution in [3.63, 3.8) is 0 Å². The first kappa shape index (κ1) is 15.7. The number of esters is 1. The van der Waals surface area contributed by atoms with E-state index in [1.165, 1.54) is 0 Å². The minimum atomic E-state index is -0.345. The summed E-state index contributed by atoms with van der Waals surface area (Å²) >= 11 is 0. The molecule has 22 heavy (non-hydrogen) atoms. The van der Waals surface area contributed by atoms with E-state index in [0.717, 1.165) is 5.56 Å². The molecule has 0 bridgehead atoms. The summed E-state index contributed by atoms with van der Waals surface area (Å²) in [7, 11) is 0. The van der Waals surface area contributed by atoms with Crippen molar-refractivity contribution >= 4 is 11.9 Å². The van der Waals surface area contributed by atoms with Crippen LogP contribution in [0.3, 0.4) is 0 Å². The van der Waals surface area contributed by atoms with Crippen LogP contribution >= 0.6 is 0 Å². The Balaban J connectivity index is 1.81. The van der Waals surface area contributed by atoms with Gasteiger partial charge >= 0.3 is 5.97 Å². The van der Waals surface area contributed by atoms with Crippen LogP contribution in [-0.4, -0.2) is 35.2 Å². The Bertz CT molecular complexity index is 625. The number of aromatic nitrogens is 2. The molecule has 1 N–H and O–H groups in total. The molecule has 0 fully saturated rings. The second-order valence-corrected chi connectivity index (χ2v) is 4.48. The van der Waals surface area contributed by atoms with Crippen molar-refractivity contribution in [2.75, 3.05) is 13.2 Å². The van der Waals surface area contributed by atoms with Crippen LogP contribution in [0.25, 0.3) is 11.3 Å². The lowest BCUT2D eigenvalue weighted by atomic mass is 10.2. The average molecular weight is 303 g/mol. The summed E-state index contributed by atoms with van der Waals surface area (Å²) in [5.41, 5.74) is 0.936. The van der Waals surface area contributed by atoms with Crippen LogP contribution in [0.1, 0.15) is 30.3 Å². The van der Waals surface area contributed by atoms with Crippen molar-refractivity contribution in [2.24, 2.45) is 0 Å². The third-order valence-electron chi connectivity index (χ3n) is 2.84. The van der Waals surface area contributed by atoms with Gasteiger partial charge in [-0.25, -0.2) is 0 Å². The van der Waals surface area contributed by atoms with Crippen LogP contribution in [0.2, 0.25) is 0 Å². The second-order valence-electron chi connectivity index (χ2n) is 4.48. The van der Waals surface area contributed by atoms with Gasteiger partial charge in [-0.05, 0) is 25.5 Å². The highest BCUT2D eigenvalue weighted by Crippen LogP contribution is 2.18. The van der Waals surface area contributed by atoms with Gasteiger partial charge in [0.25, 0.3) is 5.91 Å². The molecule has 0 radical (unpaired) electrons. The van der Waals surface area contributed by atoms with E-state index < -0.39 is 0 Å². The lowest BCUT2D eigenvalue weighted by molar-refractivity contribution is -0.143. The molecular weight excluding hydrogens is 286 g/mol. The zero-order valence-electron chi connectivity index (χ0n) is 12.2. The number of ether oxygens (including phenoxy) is 1. The number of carbonyl (C=O) groups excluding carboxylic acids is 2. The van der Waals surface area contributed by atoms with E-state index in [4.69, 9.17) is 9.26 Å². The van der Waals surface area contributed by atoms with E-state index >= 15 is 0 Å². The number of pyridine rings is 1. The Morgan fingerprint density at radius 3 is 3.00 bits per heavy atom. The van der Waals surface area contributed by atoms with Crippen molar-refractivity contribution in [2.45, 2.75) is 19.8 Å². The molecule has 0 atom stereocenters. The number of nitrogens with zero attached hydrogens (tertiary/aromatic N) is 2. The largest absolute Gasteiger partial charge is 0.466 e. The first-order valence-electron chi connectivity index (χ1n) is 7.01. The van der Waals surface area contributed by atoms with Gasteiger partial charge in [0.15, 0.2) is 11.5 Å². The van der Waals surface area contributed by atoms with E-state index in [1.807, 2.05) is 6.07 Å². The molecule has 0 aromatic carbocycles. The van der Waals surface area contributed by atoms with Gasteiger partial charge in [0.05, 0.1) is 6.61 Å². The Labute approximate surface area is 127 Å². The summed E-state index contributed by atoms with van der Waals surface area (Å²) in [5, 5.41) is 6.41. The zero-order chi connectivity index (χ0) is 15.8. The maximum Gasteiger partial charge on any atom is 0.305 e. The molecule has 0 saturated carbocycles. The average Bonchev–Trinajstić information content (AvgIpc) is 3.02. The molecule has 2 heterocycles. The molecule has 7 nitrogen and oxygen atoms in total. The normalized spacial score (nSPS) is 10.2. The highest BCUT2D eigenvalue weighted by atomic mass is 16.5. The summed E-state index contributed by atoms with van der Waals surface area (Å²) in [5.74, 6) is -0.135. The second kappa shape index (κ2) is 7.92. The monoisotopic (exact) mass is 303 g/mol. The standard InChI is InChI=1S/C15H17N3O4/c1-2-21-14(19)6-4-8-17-15(20)12-9-13(22-18-12)11-5-3-7-16-10-11/h3,5,7,9-10H,2,4,6,8H2,1H3,(H,17,20). The van der Waals surface area contributed by atoms with E-state index in [-0.39, 0.29) is 24.0 Å². The fourth-order valence-electron chi connectivity index (χ4n) is 1.79. The first-order valence-corrected chi connectivity index (χ1v) is 7.01. The zero-order valence-corrected chi connectivity index (χ0v) is 12.2. The number of amides is 1. The van der Waals surface area contributed by atoms with E-state index in [9.17, 15) is 9.59 Å². The van der Waals surface area contributed by atoms with E-state index in [2.05, 4.69) is 15.5 Å². The van der Waals surface area contributed by atoms with Gasteiger partial charge in [-0.3, -0.25) is 14.6 Å². The maximum atomic E-state index is 11.9. The Morgan fingerprint density at radius 2 is 2.27 bits per heavy atom. The molecule has 1 amide bonds. The molecule has 2 aromatic rings. The third-order valence-corrected chi connectivity index (χ3v) is 2.84. The van der Waals surface area contributed by atoms with Gasteiger partial charge in [0.1, 0.15) is 0 Å². The summed E-state index contributed by atoms with van der Waals surface area (Å²) in [6.07, 6.45) is 4.06. The fourth-order valence-corrected chi connectivity index (χ4v) is 1.79. The molecule has 0 aliphatic rings. The number of hydrogen-bond donors (Lipinski definition) is 1. The van der Waals surface area contributed by atoms with Crippen LogP contribution in [0.4, 0.5) is 0 Å². The van der Waals surface area contributed by atoms with Crippen molar-refractivity contribution in [1.82, 2.24) is 15.5 Å². The van der Waals surface area contributed by atoms with Gasteiger partial charge in [-0.1, -0.05) is 5.16 Å². The van der Waals surface area contributed by atoms with E-state index in [0.29, 0.717) is 25.3 Å². The topological polar surface area (TPSA) is 94.3 Å². The van der Waals surface area contributed by atoms with Gasteiger partial charge in [-0.2, -0.15) is 0 Å². The third kappa shape index (κ3) is 4.41. The van der Waals surface area contributed by atoms with Crippen molar-refractivity contribution in [3.05, 3.63) is 36.3 Å². The number of rotatable bonds is 7. The number of carbonyl (C=O) groups is 2. The summed E-state index contributed by atoms with van der Waals surface area (Å²) in [6.45, 7) is 2.48. The molecule has 0 spiro atoms. The highest BCUT2D eigenvalue weighted by molar-refractivity contribution is 5.93. The SMILES string of the molecule is CCOC(=O)CCCNC(=O)c1cc(-c2cccnc2)on1. The lowest BCUT2D eigenvalue weighted by Gasteiger charge is -2.02. The van der Waals surface area contributed by atoms with Crippen LogP contribution in [0, 0.1) is 0 Å². The minimum Gasteiger partial charge on any atom is -0.466 e. The Morgan fingerprint density at radius 1 is 1.41 bits per heavy atom. The van der Waals surface area contributed by atoms with Crippen LogP contribution in [0.5, 0.6) is 0 Å². The van der Waals surface area contributed by atoms with Gasteiger partial charge in [0.2, 0.25) is 0 Å². The van der Waals surface area contributed by atoms with Gasteiger partial charge in [0, 0.05) is 37.0 Å². The highest BCUT2D eigenvalue weighted by Gasteiger charge is 2.13. The van der Waals surface area contributed by atoms with Crippen molar-refractivity contribution in [3.8, 4) is 11.3 Å². The first-order chi connectivity index (χ1) is 10.7. The quantitative estimate of drug-likeness (QED) is 0.619.